The SMILES string of the molecule is CCCC(N)c1n[nH]c(C)n1. The average molecular weight is 154 g/mol. The van der Waals surface area contributed by atoms with Gasteiger partial charge < -0.3 is 5.73 Å². The zero-order valence-corrected chi connectivity index (χ0v) is 6.96. The van der Waals surface area contributed by atoms with Crippen molar-refractivity contribution in [3.05, 3.63) is 11.6 Å². The zero-order valence-electron chi connectivity index (χ0n) is 6.96. The quantitative estimate of drug-likeness (QED) is 0.680. The normalized spacial score (nSPS) is 13.4. The Labute approximate surface area is 66.2 Å². The third-order valence-electron chi connectivity index (χ3n) is 1.55. The largest absolute Gasteiger partial charge is 0.321 e. The van der Waals surface area contributed by atoms with Gasteiger partial charge in [-0.25, -0.2) is 4.98 Å². The fraction of sp³-hybridized carbons (Fsp3) is 0.714. The van der Waals surface area contributed by atoms with Crippen LogP contribution in [0.25, 0.3) is 0 Å². The molecule has 0 aliphatic carbocycles. The van der Waals surface area contributed by atoms with Gasteiger partial charge in [0.25, 0.3) is 0 Å². The Kier molecular flexibility index (Phi) is 2.59. The number of hydrogen-bond acceptors (Lipinski definition) is 3. The van der Waals surface area contributed by atoms with E-state index in [1.165, 1.54) is 0 Å². The van der Waals surface area contributed by atoms with Crippen molar-refractivity contribution in [1.29, 1.82) is 0 Å². The highest BCUT2D eigenvalue weighted by Crippen LogP contribution is 2.09. The van der Waals surface area contributed by atoms with Gasteiger partial charge >= 0.3 is 0 Å². The third-order valence-corrected chi connectivity index (χ3v) is 1.55. The molecule has 1 aromatic rings. The highest BCUT2D eigenvalue weighted by atomic mass is 15.2. The summed E-state index contributed by atoms with van der Waals surface area (Å²) in [6.07, 6.45) is 2.01. The average Bonchev–Trinajstić information content (AvgIpc) is 2.36. The van der Waals surface area contributed by atoms with Crippen molar-refractivity contribution in [2.24, 2.45) is 5.73 Å². The molecule has 1 rings (SSSR count). The number of nitrogens with one attached hydrogen (secondary N) is 1. The molecular formula is C7H14N4. The van der Waals surface area contributed by atoms with E-state index < -0.39 is 0 Å². The number of aromatic amines is 1. The van der Waals surface area contributed by atoms with Gasteiger partial charge in [0, 0.05) is 0 Å². The third kappa shape index (κ3) is 2.01. The van der Waals surface area contributed by atoms with Crippen LogP contribution in [-0.2, 0) is 0 Å². The Bertz CT molecular complexity index is 218. The molecule has 0 saturated heterocycles. The van der Waals surface area contributed by atoms with E-state index in [2.05, 4.69) is 22.1 Å². The maximum atomic E-state index is 5.77. The van der Waals surface area contributed by atoms with E-state index in [1.807, 2.05) is 6.92 Å². The molecule has 0 aliphatic heterocycles. The Morgan fingerprint density at radius 3 is 2.82 bits per heavy atom. The summed E-state index contributed by atoms with van der Waals surface area (Å²) < 4.78 is 0. The van der Waals surface area contributed by atoms with Crippen LogP contribution >= 0.6 is 0 Å². The van der Waals surface area contributed by atoms with E-state index in [4.69, 9.17) is 5.73 Å². The Morgan fingerprint density at radius 2 is 2.36 bits per heavy atom. The van der Waals surface area contributed by atoms with Crippen LogP contribution in [0.15, 0.2) is 0 Å². The minimum Gasteiger partial charge on any atom is -0.321 e. The molecule has 0 saturated carbocycles. The predicted octanol–water partition coefficient (Wildman–Crippen LogP) is 0.913. The van der Waals surface area contributed by atoms with Gasteiger partial charge in [-0.15, -0.1) is 0 Å². The minimum absolute atomic E-state index is 0.00931. The molecule has 1 aromatic heterocycles. The molecule has 62 valence electrons. The van der Waals surface area contributed by atoms with Crippen LogP contribution in [0.3, 0.4) is 0 Å². The van der Waals surface area contributed by atoms with Crippen LogP contribution in [0, 0.1) is 6.92 Å². The second kappa shape index (κ2) is 3.48. The summed E-state index contributed by atoms with van der Waals surface area (Å²) >= 11 is 0. The van der Waals surface area contributed by atoms with Gasteiger partial charge in [-0.05, 0) is 13.3 Å². The second-order valence-corrected chi connectivity index (χ2v) is 2.67. The lowest BCUT2D eigenvalue weighted by molar-refractivity contribution is 0.604. The number of nitrogens with two attached hydrogens (primary N) is 1. The lowest BCUT2D eigenvalue weighted by atomic mass is 10.2. The molecule has 0 amide bonds. The molecule has 0 radical (unpaired) electrons. The zero-order chi connectivity index (χ0) is 8.27. The van der Waals surface area contributed by atoms with Gasteiger partial charge in [0.05, 0.1) is 6.04 Å². The van der Waals surface area contributed by atoms with E-state index >= 15 is 0 Å². The van der Waals surface area contributed by atoms with Crippen LogP contribution in [0.1, 0.15) is 37.5 Å². The maximum Gasteiger partial charge on any atom is 0.167 e. The van der Waals surface area contributed by atoms with E-state index in [9.17, 15) is 0 Å². The van der Waals surface area contributed by atoms with Gasteiger partial charge in [0.1, 0.15) is 5.82 Å². The van der Waals surface area contributed by atoms with Crippen LogP contribution in [-0.4, -0.2) is 15.2 Å². The number of aromatic nitrogens is 3. The van der Waals surface area contributed by atoms with Gasteiger partial charge in [-0.2, -0.15) is 5.10 Å². The van der Waals surface area contributed by atoms with Crippen molar-refractivity contribution in [2.45, 2.75) is 32.7 Å². The number of aryl methyl sites for hydroxylation is 1. The van der Waals surface area contributed by atoms with Gasteiger partial charge in [0.2, 0.25) is 0 Å². The number of H-pyrrole nitrogens is 1. The molecule has 1 atom stereocenters. The topological polar surface area (TPSA) is 67.6 Å². The molecule has 0 bridgehead atoms. The van der Waals surface area contributed by atoms with Crippen LogP contribution in [0.4, 0.5) is 0 Å². The van der Waals surface area contributed by atoms with Gasteiger partial charge in [-0.3, -0.25) is 5.10 Å². The molecule has 1 unspecified atom stereocenters. The summed E-state index contributed by atoms with van der Waals surface area (Å²) in [4.78, 5) is 4.14. The summed E-state index contributed by atoms with van der Waals surface area (Å²) in [5, 5.41) is 6.74. The summed E-state index contributed by atoms with van der Waals surface area (Å²) in [6.45, 7) is 3.97. The predicted molar refractivity (Wildman–Crippen MR) is 43.0 cm³/mol. The molecule has 0 fully saturated rings. The summed E-state index contributed by atoms with van der Waals surface area (Å²) in [7, 11) is 0. The molecule has 0 aromatic carbocycles. The summed E-state index contributed by atoms with van der Waals surface area (Å²) in [5.74, 6) is 1.55. The van der Waals surface area contributed by atoms with Crippen LogP contribution in [0.2, 0.25) is 0 Å². The lowest BCUT2D eigenvalue weighted by Crippen LogP contribution is -2.11. The fourth-order valence-electron chi connectivity index (χ4n) is 0.966. The monoisotopic (exact) mass is 154 g/mol. The van der Waals surface area contributed by atoms with Crippen molar-refractivity contribution < 1.29 is 0 Å². The maximum absolute atomic E-state index is 5.77. The molecule has 0 spiro atoms. The first-order valence-electron chi connectivity index (χ1n) is 3.88. The van der Waals surface area contributed by atoms with Crippen molar-refractivity contribution in [3.63, 3.8) is 0 Å². The molecular weight excluding hydrogens is 140 g/mol. The van der Waals surface area contributed by atoms with Gasteiger partial charge in [-0.1, -0.05) is 13.3 Å². The summed E-state index contributed by atoms with van der Waals surface area (Å²) in [6, 6.07) is -0.00931. The second-order valence-electron chi connectivity index (χ2n) is 2.67. The Balaban J connectivity index is 2.60. The van der Waals surface area contributed by atoms with Crippen LogP contribution < -0.4 is 5.73 Å². The number of hydrogen-bond donors (Lipinski definition) is 2. The first-order chi connectivity index (χ1) is 5.24. The Hall–Kier alpha value is -0.900. The lowest BCUT2D eigenvalue weighted by Gasteiger charge is -2.02. The molecule has 11 heavy (non-hydrogen) atoms. The molecule has 0 aliphatic rings. The molecule has 3 N–H and O–H groups in total. The molecule has 4 nitrogen and oxygen atoms in total. The molecule has 4 heteroatoms. The van der Waals surface area contributed by atoms with Crippen LogP contribution in [0.5, 0.6) is 0 Å². The minimum atomic E-state index is -0.00931. The van der Waals surface area contributed by atoms with E-state index in [0.717, 1.165) is 24.5 Å². The van der Waals surface area contributed by atoms with E-state index in [0.29, 0.717) is 0 Å². The number of rotatable bonds is 3. The smallest absolute Gasteiger partial charge is 0.167 e. The summed E-state index contributed by atoms with van der Waals surface area (Å²) in [5.41, 5.74) is 5.77. The molecule has 1 heterocycles. The van der Waals surface area contributed by atoms with E-state index in [-0.39, 0.29) is 6.04 Å². The number of nitrogens with zero attached hydrogens (tertiary/aromatic N) is 2. The first-order valence-corrected chi connectivity index (χ1v) is 3.88. The van der Waals surface area contributed by atoms with Crippen molar-refractivity contribution in [3.8, 4) is 0 Å². The standard InChI is InChI=1S/C7H14N4/c1-3-4-6(8)7-9-5(2)10-11-7/h6H,3-4,8H2,1-2H3,(H,9,10,11). The fourth-order valence-corrected chi connectivity index (χ4v) is 0.966. The first kappa shape index (κ1) is 8.20. The van der Waals surface area contributed by atoms with Crippen molar-refractivity contribution in [2.75, 3.05) is 0 Å². The van der Waals surface area contributed by atoms with Crippen molar-refractivity contribution >= 4 is 0 Å². The highest BCUT2D eigenvalue weighted by Gasteiger charge is 2.08. The van der Waals surface area contributed by atoms with E-state index in [1.54, 1.807) is 0 Å². The highest BCUT2D eigenvalue weighted by molar-refractivity contribution is 4.93. The van der Waals surface area contributed by atoms with Crippen molar-refractivity contribution in [1.82, 2.24) is 15.2 Å². The van der Waals surface area contributed by atoms with Gasteiger partial charge in [0.15, 0.2) is 5.82 Å². The Morgan fingerprint density at radius 1 is 1.64 bits per heavy atom.